The first-order valence-corrected chi connectivity index (χ1v) is 15.7. The summed E-state index contributed by atoms with van der Waals surface area (Å²) in [7, 11) is 34.1. The number of hydrogen-bond donors (Lipinski definition) is 0. The van der Waals surface area contributed by atoms with Crippen molar-refractivity contribution >= 4 is 99.2 Å². The fraction of sp³-hybridized carbons (Fsp3) is 0. The van der Waals surface area contributed by atoms with Gasteiger partial charge in [0.25, 0.3) is 0 Å². The number of rotatable bonds is 0. The van der Waals surface area contributed by atoms with E-state index in [1.165, 1.54) is 0 Å². The summed E-state index contributed by atoms with van der Waals surface area (Å²) in [5, 5.41) is 0. The van der Waals surface area contributed by atoms with Gasteiger partial charge in [-0.15, -0.1) is 0 Å². The normalized spacial score (nSPS) is 10.0. The van der Waals surface area contributed by atoms with Crippen molar-refractivity contribution in [2.45, 2.75) is 0 Å². The molecule has 0 nitrogen and oxygen atoms in total. The second-order valence-corrected chi connectivity index (χ2v) is 26.7. The molecule has 0 aliphatic rings. The Hall–Kier alpha value is 4.58. The molecule has 0 saturated heterocycles. The molecule has 12 heteroatoms. The van der Waals surface area contributed by atoms with Crippen LogP contribution in [-0.4, -0.2) is 18.8 Å². The molecule has 0 aromatic carbocycles. The molecule has 0 unspecified atom stereocenters. The van der Waals surface area contributed by atoms with Crippen molar-refractivity contribution in [1.29, 1.82) is 0 Å². The minimum Gasteiger partial charge on any atom is -0.391 e. The molecule has 0 bridgehead atoms. The molecule has 0 aromatic heterocycles. The Morgan fingerprint density at radius 2 is 0.417 bits per heavy atom. The van der Waals surface area contributed by atoms with E-state index in [1.54, 1.807) is 0 Å². The molecule has 0 fully saturated rings. The monoisotopic (exact) mass is 348 g/mol. The topological polar surface area (TPSA) is 0 Å². The maximum absolute atomic E-state index is 4.99. The van der Waals surface area contributed by atoms with Gasteiger partial charge in [0, 0.05) is 0 Å². The van der Waals surface area contributed by atoms with E-state index in [0.29, 0.717) is 0 Å². The van der Waals surface area contributed by atoms with Crippen molar-refractivity contribution in [3.05, 3.63) is 0 Å². The van der Waals surface area contributed by atoms with E-state index >= 15 is 0 Å². The molecule has 0 spiro atoms. The molecule has 64 valence electrons. The molecular weight excluding hydrogens is 351 g/mol. The van der Waals surface area contributed by atoms with Crippen LogP contribution in [0.4, 0.5) is 0 Å². The largest absolute Gasteiger partial charge is 1.00 e. The fourth-order valence-corrected chi connectivity index (χ4v) is 0. The van der Waals surface area contributed by atoms with Crippen LogP contribution in [0.15, 0.2) is 0 Å². The summed E-state index contributed by atoms with van der Waals surface area (Å²) >= 11 is 0. The first-order valence-electron chi connectivity index (χ1n) is 1.75. The van der Waals surface area contributed by atoms with E-state index in [2.05, 4.69) is 0 Å². The van der Waals surface area contributed by atoms with Crippen LogP contribution < -0.4 is 37.7 Å². The first kappa shape index (κ1) is 25.4. The zero-order valence-electron chi connectivity index (χ0n) is 6.18. The van der Waals surface area contributed by atoms with Gasteiger partial charge in [-0.1, -0.05) is 0 Å². The fourth-order valence-electron chi connectivity index (χ4n) is 0. The summed E-state index contributed by atoms with van der Waals surface area (Å²) in [4.78, 5) is 0. The van der Waals surface area contributed by atoms with Crippen LogP contribution >= 0.6 is 80.4 Å². The number of hydrogen-bond acceptors (Lipinski definition) is 0. The minimum atomic E-state index is -2.94. The second-order valence-electron chi connectivity index (χ2n) is 0.990. The van der Waals surface area contributed by atoms with Crippen molar-refractivity contribution in [3.63, 3.8) is 0 Å². The molecule has 0 aromatic rings. The molecule has 0 radical (unpaired) electrons. The molecular formula is Al2Cl8Li2. The molecule has 0 aliphatic carbocycles. The summed E-state index contributed by atoms with van der Waals surface area (Å²) in [6.45, 7) is 0. The van der Waals surface area contributed by atoms with Crippen molar-refractivity contribution < 1.29 is 37.7 Å². The molecule has 0 aliphatic heterocycles. The van der Waals surface area contributed by atoms with Gasteiger partial charge < -0.3 is 80.4 Å². The van der Waals surface area contributed by atoms with Gasteiger partial charge in [0.2, 0.25) is 0 Å². The van der Waals surface area contributed by atoms with Gasteiger partial charge in [-0.05, 0) is 0 Å². The van der Waals surface area contributed by atoms with Crippen LogP contribution in [0.2, 0.25) is 0 Å². The van der Waals surface area contributed by atoms with Crippen molar-refractivity contribution in [3.8, 4) is 0 Å². The van der Waals surface area contributed by atoms with Crippen molar-refractivity contribution in [2.75, 3.05) is 0 Å². The average Bonchev–Trinajstić information content (AvgIpc) is 1.12. The van der Waals surface area contributed by atoms with E-state index in [-0.39, 0.29) is 37.7 Å². The van der Waals surface area contributed by atoms with Crippen LogP contribution in [-0.2, 0) is 0 Å². The van der Waals surface area contributed by atoms with E-state index in [0.717, 1.165) is 0 Å². The summed E-state index contributed by atoms with van der Waals surface area (Å²) in [6, 6.07) is 0. The van der Waals surface area contributed by atoms with Crippen LogP contribution in [0.5, 0.6) is 0 Å². The minimum absolute atomic E-state index is 0. The van der Waals surface area contributed by atoms with E-state index in [1.807, 2.05) is 0 Å². The van der Waals surface area contributed by atoms with Gasteiger partial charge in [0.15, 0.2) is 0 Å². The third-order valence-corrected chi connectivity index (χ3v) is 0. The Balaban J connectivity index is -0.0000000457. The zero-order chi connectivity index (χ0) is 9.00. The first-order chi connectivity index (χ1) is 4.00. The van der Waals surface area contributed by atoms with E-state index in [4.69, 9.17) is 80.4 Å². The Labute approximate surface area is 134 Å². The molecule has 12 heavy (non-hydrogen) atoms. The Kier molecular flexibility index (Phi) is 25.5. The summed E-state index contributed by atoms with van der Waals surface area (Å²) in [5.41, 5.74) is 0. The van der Waals surface area contributed by atoms with Gasteiger partial charge in [-0.3, -0.25) is 0 Å². The maximum atomic E-state index is 4.99. The quantitative estimate of drug-likeness (QED) is 0.479. The Morgan fingerprint density at radius 3 is 0.417 bits per heavy atom. The van der Waals surface area contributed by atoms with Crippen LogP contribution in [0, 0.1) is 0 Å². The van der Waals surface area contributed by atoms with Gasteiger partial charge in [-0.25, -0.2) is 0 Å². The van der Waals surface area contributed by atoms with Gasteiger partial charge >= 0.3 is 56.5 Å². The van der Waals surface area contributed by atoms with Gasteiger partial charge in [0.1, 0.15) is 0 Å². The molecule has 0 N–H and O–H groups in total. The van der Waals surface area contributed by atoms with Crippen LogP contribution in [0.3, 0.4) is 0 Å². The summed E-state index contributed by atoms with van der Waals surface area (Å²) in [6.07, 6.45) is 0. The van der Waals surface area contributed by atoms with Gasteiger partial charge in [0.05, 0.1) is 0 Å². The van der Waals surface area contributed by atoms with Crippen molar-refractivity contribution in [1.82, 2.24) is 0 Å². The van der Waals surface area contributed by atoms with Gasteiger partial charge in [-0.2, -0.15) is 0 Å². The van der Waals surface area contributed by atoms with E-state index < -0.39 is 18.8 Å². The maximum Gasteiger partial charge on any atom is 1.00 e. The Bertz CT molecular complexity index is 58.0. The Morgan fingerprint density at radius 1 is 0.417 bits per heavy atom. The third kappa shape index (κ3) is 128. The third-order valence-electron chi connectivity index (χ3n) is 0. The SMILES string of the molecule is [Cl][Al-]([Cl])([Cl])[Cl].[Cl][Al-]([Cl])([Cl])[Cl].[Li+].[Li+]. The van der Waals surface area contributed by atoms with Crippen molar-refractivity contribution in [2.24, 2.45) is 0 Å². The molecule has 0 saturated carbocycles. The molecule has 0 heterocycles. The zero-order valence-corrected chi connectivity index (χ0v) is 14.5. The van der Waals surface area contributed by atoms with E-state index in [9.17, 15) is 0 Å². The summed E-state index contributed by atoms with van der Waals surface area (Å²) in [5.74, 6) is 0. The molecule has 0 rings (SSSR count). The van der Waals surface area contributed by atoms with Crippen LogP contribution in [0.1, 0.15) is 0 Å². The average molecular weight is 351 g/mol. The predicted octanol–water partition coefficient (Wildman–Crippen LogP) is -1.24. The molecule has 0 amide bonds. The summed E-state index contributed by atoms with van der Waals surface area (Å²) < 4.78 is 0. The van der Waals surface area contributed by atoms with Crippen LogP contribution in [0.25, 0.3) is 0 Å². The standard InChI is InChI=1S/2Al.8ClH.2Li/h;;8*1H;;/q2*+3;;;;;;;;;2*+1/p-8. The predicted molar refractivity (Wildman–Crippen MR) is 58.3 cm³/mol. The molecule has 0 atom stereocenters. The smallest absolute Gasteiger partial charge is 0.391 e. The number of halogens is 8. The second kappa shape index (κ2) is 12.0.